The third kappa shape index (κ3) is 2.61. The van der Waals surface area contributed by atoms with E-state index in [2.05, 4.69) is 27.1 Å². The van der Waals surface area contributed by atoms with Gasteiger partial charge in [0.1, 0.15) is 0 Å². The van der Waals surface area contributed by atoms with Crippen LogP contribution in [0.3, 0.4) is 0 Å². The standard InChI is InChI=1S/C17H18BrN3O/c1-11-15(12(2)20(3)19-11)5-7-17(22)21-9-8-13-10-14(18)4-6-16(13)21/h4-7,10H,8-9H2,1-3H3/b7-5+. The van der Waals surface area contributed by atoms with Crippen LogP contribution in [0.25, 0.3) is 6.08 Å². The van der Waals surface area contributed by atoms with Gasteiger partial charge in [0, 0.05) is 41.1 Å². The Morgan fingerprint density at radius 3 is 2.82 bits per heavy atom. The van der Waals surface area contributed by atoms with Crippen molar-refractivity contribution in [3.05, 3.63) is 51.3 Å². The zero-order chi connectivity index (χ0) is 15.9. The Balaban J connectivity index is 1.83. The fourth-order valence-electron chi connectivity index (χ4n) is 2.88. The molecule has 0 bridgehead atoms. The van der Waals surface area contributed by atoms with Crippen molar-refractivity contribution in [1.82, 2.24) is 9.78 Å². The summed E-state index contributed by atoms with van der Waals surface area (Å²) < 4.78 is 2.89. The first-order chi connectivity index (χ1) is 10.5. The number of hydrogen-bond acceptors (Lipinski definition) is 2. The van der Waals surface area contributed by atoms with Gasteiger partial charge in [0.25, 0.3) is 5.91 Å². The summed E-state index contributed by atoms with van der Waals surface area (Å²) in [5.41, 5.74) is 5.25. The predicted octanol–water partition coefficient (Wildman–Crippen LogP) is 3.40. The fourth-order valence-corrected chi connectivity index (χ4v) is 3.28. The molecule has 0 spiro atoms. The molecule has 5 heteroatoms. The van der Waals surface area contributed by atoms with Crippen LogP contribution in [0.2, 0.25) is 0 Å². The first kappa shape index (κ1) is 15.0. The molecule has 22 heavy (non-hydrogen) atoms. The van der Waals surface area contributed by atoms with Crippen LogP contribution < -0.4 is 4.90 Å². The van der Waals surface area contributed by atoms with E-state index in [0.717, 1.165) is 40.1 Å². The Bertz CT molecular complexity index is 776. The molecule has 0 atom stereocenters. The number of carbonyl (C=O) groups excluding carboxylic acids is 1. The molecule has 1 amide bonds. The van der Waals surface area contributed by atoms with E-state index in [9.17, 15) is 4.79 Å². The molecule has 0 radical (unpaired) electrons. The van der Waals surface area contributed by atoms with Crippen LogP contribution in [-0.2, 0) is 18.3 Å². The smallest absolute Gasteiger partial charge is 0.251 e. The number of carbonyl (C=O) groups is 1. The van der Waals surface area contributed by atoms with Gasteiger partial charge in [0.05, 0.1) is 5.69 Å². The normalized spacial score (nSPS) is 13.9. The number of aromatic nitrogens is 2. The lowest BCUT2D eigenvalue weighted by molar-refractivity contribution is -0.114. The minimum Gasteiger partial charge on any atom is -0.308 e. The maximum absolute atomic E-state index is 12.5. The average Bonchev–Trinajstić information content (AvgIpc) is 2.99. The molecule has 0 N–H and O–H groups in total. The maximum Gasteiger partial charge on any atom is 0.251 e. The third-order valence-electron chi connectivity index (χ3n) is 4.16. The van der Waals surface area contributed by atoms with Crippen molar-refractivity contribution >= 4 is 33.6 Å². The van der Waals surface area contributed by atoms with Gasteiger partial charge in [-0.25, -0.2) is 0 Å². The Hall–Kier alpha value is -1.88. The summed E-state index contributed by atoms with van der Waals surface area (Å²) in [6.45, 7) is 4.70. The van der Waals surface area contributed by atoms with Gasteiger partial charge in [-0.3, -0.25) is 9.48 Å². The van der Waals surface area contributed by atoms with Gasteiger partial charge >= 0.3 is 0 Å². The first-order valence-electron chi connectivity index (χ1n) is 7.25. The second kappa shape index (κ2) is 5.72. The molecule has 0 fully saturated rings. The third-order valence-corrected chi connectivity index (χ3v) is 4.65. The highest BCUT2D eigenvalue weighted by Crippen LogP contribution is 2.30. The maximum atomic E-state index is 12.5. The topological polar surface area (TPSA) is 38.1 Å². The Morgan fingerprint density at radius 2 is 2.14 bits per heavy atom. The van der Waals surface area contributed by atoms with E-state index in [1.54, 1.807) is 6.08 Å². The Morgan fingerprint density at radius 1 is 1.36 bits per heavy atom. The van der Waals surface area contributed by atoms with E-state index >= 15 is 0 Å². The molecule has 4 nitrogen and oxygen atoms in total. The molecule has 3 rings (SSSR count). The molecular weight excluding hydrogens is 342 g/mol. The monoisotopic (exact) mass is 359 g/mol. The summed E-state index contributed by atoms with van der Waals surface area (Å²) in [7, 11) is 1.91. The van der Waals surface area contributed by atoms with E-state index in [-0.39, 0.29) is 5.91 Å². The van der Waals surface area contributed by atoms with E-state index in [4.69, 9.17) is 0 Å². The molecule has 1 aliphatic rings. The number of hydrogen-bond donors (Lipinski definition) is 0. The van der Waals surface area contributed by atoms with Crippen molar-refractivity contribution in [2.24, 2.45) is 7.05 Å². The lowest BCUT2D eigenvalue weighted by atomic mass is 10.1. The summed E-state index contributed by atoms with van der Waals surface area (Å²) >= 11 is 3.47. The Kier molecular flexibility index (Phi) is 3.91. The fraction of sp³-hybridized carbons (Fsp3) is 0.294. The highest BCUT2D eigenvalue weighted by molar-refractivity contribution is 9.10. The first-order valence-corrected chi connectivity index (χ1v) is 8.05. The average molecular weight is 360 g/mol. The number of aryl methyl sites for hydroxylation is 2. The molecule has 0 aliphatic carbocycles. The van der Waals surface area contributed by atoms with Gasteiger partial charge in [-0.15, -0.1) is 0 Å². The molecule has 2 aromatic rings. The predicted molar refractivity (Wildman–Crippen MR) is 91.9 cm³/mol. The molecule has 2 heterocycles. The summed E-state index contributed by atoms with van der Waals surface area (Å²) in [6.07, 6.45) is 4.42. The van der Waals surface area contributed by atoms with Crippen molar-refractivity contribution in [1.29, 1.82) is 0 Å². The summed E-state index contributed by atoms with van der Waals surface area (Å²) in [6, 6.07) is 6.06. The lowest BCUT2D eigenvalue weighted by Crippen LogP contribution is -2.26. The summed E-state index contributed by atoms with van der Waals surface area (Å²) in [5, 5.41) is 4.37. The molecule has 0 unspecified atom stereocenters. The molecule has 0 saturated carbocycles. The number of amides is 1. The van der Waals surface area contributed by atoms with Crippen molar-refractivity contribution in [2.75, 3.05) is 11.4 Å². The zero-order valence-corrected chi connectivity index (χ0v) is 14.5. The van der Waals surface area contributed by atoms with Crippen LogP contribution in [-0.4, -0.2) is 22.2 Å². The quantitative estimate of drug-likeness (QED) is 0.770. The van der Waals surface area contributed by atoms with Crippen LogP contribution in [0.5, 0.6) is 0 Å². The number of nitrogens with zero attached hydrogens (tertiary/aromatic N) is 3. The number of halogens is 1. The van der Waals surface area contributed by atoms with Crippen molar-refractivity contribution in [3.8, 4) is 0 Å². The van der Waals surface area contributed by atoms with E-state index in [1.165, 1.54) is 5.56 Å². The van der Waals surface area contributed by atoms with Crippen LogP contribution in [0.1, 0.15) is 22.5 Å². The number of fused-ring (bicyclic) bond motifs is 1. The largest absolute Gasteiger partial charge is 0.308 e. The molecular formula is C17H18BrN3O. The minimum absolute atomic E-state index is 0.0173. The lowest BCUT2D eigenvalue weighted by Gasteiger charge is -2.15. The van der Waals surface area contributed by atoms with Crippen molar-refractivity contribution < 1.29 is 4.79 Å². The van der Waals surface area contributed by atoms with Gasteiger partial charge in [0.2, 0.25) is 0 Å². The molecule has 1 aliphatic heterocycles. The van der Waals surface area contributed by atoms with Crippen molar-refractivity contribution in [2.45, 2.75) is 20.3 Å². The highest BCUT2D eigenvalue weighted by atomic mass is 79.9. The van der Waals surface area contributed by atoms with Crippen LogP contribution in [0.4, 0.5) is 5.69 Å². The zero-order valence-electron chi connectivity index (χ0n) is 12.9. The van der Waals surface area contributed by atoms with E-state index in [1.807, 2.05) is 48.7 Å². The second-order valence-corrected chi connectivity index (χ2v) is 6.47. The van der Waals surface area contributed by atoms with Crippen molar-refractivity contribution in [3.63, 3.8) is 0 Å². The van der Waals surface area contributed by atoms with Gasteiger partial charge in [0.15, 0.2) is 0 Å². The highest BCUT2D eigenvalue weighted by Gasteiger charge is 2.23. The number of anilines is 1. The van der Waals surface area contributed by atoms with E-state index < -0.39 is 0 Å². The van der Waals surface area contributed by atoms with Gasteiger partial charge in [-0.05, 0) is 50.1 Å². The number of rotatable bonds is 2. The Labute approximate surface area is 138 Å². The minimum atomic E-state index is 0.0173. The van der Waals surface area contributed by atoms with Crippen LogP contribution in [0, 0.1) is 13.8 Å². The van der Waals surface area contributed by atoms with E-state index in [0.29, 0.717) is 0 Å². The van der Waals surface area contributed by atoms with Crippen LogP contribution >= 0.6 is 15.9 Å². The molecule has 0 saturated heterocycles. The molecule has 114 valence electrons. The van der Waals surface area contributed by atoms with Gasteiger partial charge in [-0.1, -0.05) is 15.9 Å². The SMILES string of the molecule is Cc1nn(C)c(C)c1/C=C/C(=O)N1CCc2cc(Br)ccc21. The van der Waals surface area contributed by atoms with Crippen LogP contribution in [0.15, 0.2) is 28.7 Å². The number of benzene rings is 1. The summed E-state index contributed by atoms with van der Waals surface area (Å²) in [4.78, 5) is 14.3. The van der Waals surface area contributed by atoms with Gasteiger partial charge < -0.3 is 4.90 Å². The summed E-state index contributed by atoms with van der Waals surface area (Å²) in [5.74, 6) is 0.0173. The van der Waals surface area contributed by atoms with Gasteiger partial charge in [-0.2, -0.15) is 5.10 Å². The molecule has 1 aromatic carbocycles. The molecule has 1 aromatic heterocycles. The second-order valence-electron chi connectivity index (χ2n) is 5.55.